The Morgan fingerprint density at radius 2 is 1.79 bits per heavy atom. The van der Waals surface area contributed by atoms with Crippen molar-refractivity contribution in [1.29, 1.82) is 0 Å². The smallest absolute Gasteiger partial charge is 0.326 e. The van der Waals surface area contributed by atoms with Gasteiger partial charge in [-0.3, -0.25) is 19.2 Å². The van der Waals surface area contributed by atoms with Gasteiger partial charge in [0.1, 0.15) is 18.1 Å². The molecule has 1 saturated heterocycles. The second-order valence-corrected chi connectivity index (χ2v) is 9.72. The normalized spacial score (nSPS) is 18.2. The van der Waals surface area contributed by atoms with Crippen molar-refractivity contribution in [3.63, 3.8) is 0 Å². The number of hydrogen-bond donors (Lipinski definition) is 7. The van der Waals surface area contributed by atoms with Gasteiger partial charge in [0, 0.05) is 23.5 Å². The third-order valence-electron chi connectivity index (χ3n) is 6.92. The van der Waals surface area contributed by atoms with Crippen molar-refractivity contribution >= 4 is 40.5 Å². The van der Waals surface area contributed by atoms with Crippen molar-refractivity contribution in [3.05, 3.63) is 36.0 Å². The van der Waals surface area contributed by atoms with Gasteiger partial charge in [0.2, 0.25) is 23.6 Å². The molecule has 1 aromatic heterocycles. The van der Waals surface area contributed by atoms with Crippen LogP contribution in [-0.4, -0.2) is 70.4 Å². The zero-order valence-corrected chi connectivity index (χ0v) is 21.6. The molecule has 0 aliphatic carbocycles. The van der Waals surface area contributed by atoms with Crippen LogP contribution < -0.4 is 27.0 Å². The standard InChI is InChI=1S/C26H36N6O6/c1-3-14(2)22(26(37)38)32-25(36)20(12-21(27)33)31-24(35)19(30-23(34)18-9-6-10-28-18)11-15-13-29-17-8-5-4-7-16(15)17/h4-5,7-8,13-14,18-20,22,28-29H,3,6,9-12H2,1-2H3,(H2,27,33)(H,30,34)(H,31,35)(H,32,36)(H,37,38). The quantitative estimate of drug-likeness (QED) is 0.189. The Labute approximate surface area is 220 Å². The molecule has 8 N–H and O–H groups in total. The molecule has 4 amide bonds. The molecule has 5 atom stereocenters. The second kappa shape index (κ2) is 13.0. The van der Waals surface area contributed by atoms with Gasteiger partial charge in [-0.25, -0.2) is 4.79 Å². The van der Waals surface area contributed by atoms with Crippen molar-refractivity contribution in [2.75, 3.05) is 6.54 Å². The molecule has 12 heteroatoms. The highest BCUT2D eigenvalue weighted by Gasteiger charge is 2.33. The molecule has 2 aromatic rings. The average Bonchev–Trinajstić information content (AvgIpc) is 3.56. The van der Waals surface area contributed by atoms with E-state index in [-0.39, 0.29) is 12.3 Å². The number of carbonyl (C=O) groups is 5. The van der Waals surface area contributed by atoms with Crippen LogP contribution in [0.3, 0.4) is 0 Å². The van der Waals surface area contributed by atoms with E-state index in [0.717, 1.165) is 22.9 Å². The van der Waals surface area contributed by atoms with Crippen LogP contribution >= 0.6 is 0 Å². The van der Waals surface area contributed by atoms with E-state index in [4.69, 9.17) is 5.73 Å². The lowest BCUT2D eigenvalue weighted by Gasteiger charge is -2.26. The number of aromatic nitrogens is 1. The number of carboxylic acids is 1. The SMILES string of the molecule is CCC(C)C(NC(=O)C(CC(N)=O)NC(=O)C(Cc1c[nH]c2ccccc12)NC(=O)C1CCCN1)C(=O)O. The summed E-state index contributed by atoms with van der Waals surface area (Å²) in [6.45, 7) is 4.15. The average molecular weight is 529 g/mol. The van der Waals surface area contributed by atoms with Crippen molar-refractivity contribution < 1.29 is 29.1 Å². The van der Waals surface area contributed by atoms with Crippen LogP contribution in [0.2, 0.25) is 0 Å². The predicted molar refractivity (Wildman–Crippen MR) is 140 cm³/mol. The Morgan fingerprint density at radius 1 is 1.08 bits per heavy atom. The number of carbonyl (C=O) groups excluding carboxylic acids is 4. The van der Waals surface area contributed by atoms with Crippen LogP contribution in [-0.2, 0) is 30.4 Å². The summed E-state index contributed by atoms with van der Waals surface area (Å²) in [6.07, 6.45) is 3.28. The third kappa shape index (κ3) is 7.31. The van der Waals surface area contributed by atoms with E-state index >= 15 is 0 Å². The molecule has 38 heavy (non-hydrogen) atoms. The molecule has 3 rings (SSSR count). The van der Waals surface area contributed by atoms with Gasteiger partial charge in [0.05, 0.1) is 12.5 Å². The Hall–Kier alpha value is -3.93. The number of para-hydroxylation sites is 1. The number of primary amides is 1. The molecule has 12 nitrogen and oxygen atoms in total. The van der Waals surface area contributed by atoms with Crippen molar-refractivity contribution in [1.82, 2.24) is 26.3 Å². The number of nitrogens with two attached hydrogens (primary N) is 1. The van der Waals surface area contributed by atoms with E-state index in [1.807, 2.05) is 24.3 Å². The van der Waals surface area contributed by atoms with Gasteiger partial charge < -0.3 is 37.1 Å². The summed E-state index contributed by atoms with van der Waals surface area (Å²) in [6, 6.07) is 3.37. The number of aliphatic carboxylic acids is 1. The Balaban J connectivity index is 1.82. The van der Waals surface area contributed by atoms with Crippen molar-refractivity contribution in [2.45, 2.75) is 70.1 Å². The topological polar surface area (TPSA) is 196 Å². The lowest BCUT2D eigenvalue weighted by atomic mass is 9.98. The van der Waals surface area contributed by atoms with Crippen LogP contribution in [0.4, 0.5) is 0 Å². The van der Waals surface area contributed by atoms with E-state index in [2.05, 4.69) is 26.3 Å². The monoisotopic (exact) mass is 528 g/mol. The number of aromatic amines is 1. The van der Waals surface area contributed by atoms with Crippen molar-refractivity contribution in [3.8, 4) is 0 Å². The molecule has 1 aliphatic heterocycles. The van der Waals surface area contributed by atoms with E-state index in [0.29, 0.717) is 19.4 Å². The summed E-state index contributed by atoms with van der Waals surface area (Å²) in [5.41, 5.74) is 6.97. The van der Waals surface area contributed by atoms with Gasteiger partial charge in [0.25, 0.3) is 0 Å². The first-order chi connectivity index (χ1) is 18.1. The summed E-state index contributed by atoms with van der Waals surface area (Å²) in [7, 11) is 0. The zero-order valence-electron chi connectivity index (χ0n) is 21.6. The Bertz CT molecular complexity index is 1170. The number of H-pyrrole nitrogens is 1. The highest BCUT2D eigenvalue weighted by molar-refractivity contribution is 5.96. The lowest BCUT2D eigenvalue weighted by molar-refractivity contribution is -0.144. The van der Waals surface area contributed by atoms with Gasteiger partial charge in [-0.05, 0) is 36.9 Å². The number of nitrogens with one attached hydrogen (secondary N) is 5. The maximum absolute atomic E-state index is 13.5. The Morgan fingerprint density at radius 3 is 2.42 bits per heavy atom. The second-order valence-electron chi connectivity index (χ2n) is 9.72. The largest absolute Gasteiger partial charge is 0.480 e. The van der Waals surface area contributed by atoms with E-state index in [1.165, 1.54) is 0 Å². The van der Waals surface area contributed by atoms with E-state index in [9.17, 15) is 29.1 Å². The summed E-state index contributed by atoms with van der Waals surface area (Å²) in [5, 5.41) is 21.2. The minimum atomic E-state index is -1.42. The molecule has 206 valence electrons. The van der Waals surface area contributed by atoms with Gasteiger partial charge in [0.15, 0.2) is 0 Å². The fourth-order valence-corrected chi connectivity index (χ4v) is 4.53. The number of carboxylic acid groups (broad SMARTS) is 1. The zero-order chi connectivity index (χ0) is 27.8. The summed E-state index contributed by atoms with van der Waals surface area (Å²) in [4.78, 5) is 65.9. The molecule has 1 aliphatic rings. The molecular formula is C26H36N6O6. The molecule has 5 unspecified atom stereocenters. The Kier molecular flexibility index (Phi) is 9.83. The first-order valence-corrected chi connectivity index (χ1v) is 12.8. The summed E-state index contributed by atoms with van der Waals surface area (Å²) >= 11 is 0. The molecule has 1 aromatic carbocycles. The fourth-order valence-electron chi connectivity index (χ4n) is 4.53. The molecule has 0 radical (unpaired) electrons. The van der Waals surface area contributed by atoms with Crippen molar-refractivity contribution in [2.24, 2.45) is 11.7 Å². The molecule has 0 spiro atoms. The molecule has 0 saturated carbocycles. The molecule has 0 bridgehead atoms. The van der Waals surface area contributed by atoms with Gasteiger partial charge in [-0.15, -0.1) is 0 Å². The maximum Gasteiger partial charge on any atom is 0.326 e. The third-order valence-corrected chi connectivity index (χ3v) is 6.92. The van der Waals surface area contributed by atoms with Gasteiger partial charge >= 0.3 is 5.97 Å². The number of hydrogen-bond acceptors (Lipinski definition) is 6. The van der Waals surface area contributed by atoms with Gasteiger partial charge in [-0.2, -0.15) is 0 Å². The maximum atomic E-state index is 13.5. The lowest BCUT2D eigenvalue weighted by Crippen LogP contribution is -2.58. The number of benzene rings is 1. The van der Waals surface area contributed by atoms with E-state index in [1.54, 1.807) is 20.0 Å². The first kappa shape index (κ1) is 28.6. The number of fused-ring (bicyclic) bond motifs is 1. The number of rotatable bonds is 13. The number of amides is 4. The minimum Gasteiger partial charge on any atom is -0.480 e. The fraction of sp³-hybridized carbons (Fsp3) is 0.500. The first-order valence-electron chi connectivity index (χ1n) is 12.8. The predicted octanol–water partition coefficient (Wildman–Crippen LogP) is -0.0771. The molecule has 2 heterocycles. The van der Waals surface area contributed by atoms with Crippen LogP contribution in [0.25, 0.3) is 10.9 Å². The molecular weight excluding hydrogens is 492 g/mol. The molecule has 1 fully saturated rings. The minimum absolute atomic E-state index is 0.115. The summed E-state index contributed by atoms with van der Waals surface area (Å²) < 4.78 is 0. The van der Waals surface area contributed by atoms with Crippen LogP contribution in [0.1, 0.15) is 45.1 Å². The van der Waals surface area contributed by atoms with E-state index < -0.39 is 60.2 Å². The van der Waals surface area contributed by atoms with Crippen LogP contribution in [0.15, 0.2) is 30.5 Å². The highest BCUT2D eigenvalue weighted by atomic mass is 16.4. The highest BCUT2D eigenvalue weighted by Crippen LogP contribution is 2.19. The van der Waals surface area contributed by atoms with Gasteiger partial charge in [-0.1, -0.05) is 38.5 Å². The van der Waals surface area contributed by atoms with Crippen LogP contribution in [0.5, 0.6) is 0 Å². The summed E-state index contributed by atoms with van der Waals surface area (Å²) in [5.74, 6) is -4.37. The van der Waals surface area contributed by atoms with Crippen LogP contribution in [0, 0.1) is 5.92 Å².